The van der Waals surface area contributed by atoms with Gasteiger partial charge in [0.1, 0.15) is 0 Å². The molecule has 0 aliphatic rings. The zero-order valence-corrected chi connectivity index (χ0v) is 9.44. The second kappa shape index (κ2) is 4.06. The van der Waals surface area contributed by atoms with E-state index in [1.807, 2.05) is 0 Å². The molecule has 0 aliphatic carbocycles. The molecule has 76 valence electrons. The van der Waals surface area contributed by atoms with Gasteiger partial charge >= 0.3 is 6.18 Å². The van der Waals surface area contributed by atoms with Gasteiger partial charge in [-0.3, -0.25) is 4.79 Å². The zero-order valence-electron chi connectivity index (χ0n) is 6.53. The van der Waals surface area contributed by atoms with E-state index in [1.165, 1.54) is 0 Å². The summed E-state index contributed by atoms with van der Waals surface area (Å²) in [6.07, 6.45) is -4.40. The van der Waals surface area contributed by atoms with Gasteiger partial charge in [-0.15, -0.1) is 0 Å². The molecule has 0 radical (unpaired) electrons. The van der Waals surface area contributed by atoms with Gasteiger partial charge in [0.2, 0.25) is 0 Å². The molecule has 0 saturated heterocycles. The minimum atomic E-state index is -4.40. The fourth-order valence-corrected chi connectivity index (χ4v) is 1.94. The number of alkyl halides is 3. The number of benzene rings is 1. The number of carbonyl (C=O) groups is 1. The van der Waals surface area contributed by atoms with Crippen molar-refractivity contribution in [3.63, 3.8) is 0 Å². The molecule has 0 atom stereocenters. The SMILES string of the molecule is O=C(Cl)c1ccc(C(F)(F)F)cc1I. The molecular formula is C8H3ClF3IO. The van der Waals surface area contributed by atoms with Crippen molar-refractivity contribution in [3.8, 4) is 0 Å². The van der Waals surface area contributed by atoms with Crippen LogP contribution >= 0.6 is 34.2 Å². The Labute approximate surface area is 96.4 Å². The average Bonchev–Trinajstić information content (AvgIpc) is 2.01. The Kier molecular flexibility index (Phi) is 3.41. The third kappa shape index (κ3) is 2.60. The minimum absolute atomic E-state index is 0.0836. The monoisotopic (exact) mass is 334 g/mol. The van der Waals surface area contributed by atoms with Crippen LogP contribution < -0.4 is 0 Å². The van der Waals surface area contributed by atoms with Gasteiger partial charge in [0.25, 0.3) is 5.24 Å². The lowest BCUT2D eigenvalue weighted by molar-refractivity contribution is -0.137. The summed E-state index contributed by atoms with van der Waals surface area (Å²) in [6, 6.07) is 2.79. The highest BCUT2D eigenvalue weighted by molar-refractivity contribution is 14.1. The Morgan fingerprint density at radius 3 is 2.29 bits per heavy atom. The Morgan fingerprint density at radius 1 is 1.36 bits per heavy atom. The third-order valence-corrected chi connectivity index (χ3v) is 2.60. The molecule has 1 nitrogen and oxygen atoms in total. The number of halogens is 5. The summed E-state index contributed by atoms with van der Waals surface area (Å²) < 4.78 is 36.7. The highest BCUT2D eigenvalue weighted by atomic mass is 127. The largest absolute Gasteiger partial charge is 0.416 e. The molecule has 0 spiro atoms. The third-order valence-electron chi connectivity index (χ3n) is 1.51. The molecule has 0 aliphatic heterocycles. The van der Waals surface area contributed by atoms with Gasteiger partial charge in [-0.2, -0.15) is 13.2 Å². The van der Waals surface area contributed by atoms with Gasteiger partial charge < -0.3 is 0 Å². The highest BCUT2D eigenvalue weighted by Gasteiger charge is 2.31. The van der Waals surface area contributed by atoms with Gasteiger partial charge in [-0.25, -0.2) is 0 Å². The summed E-state index contributed by atoms with van der Waals surface area (Å²) in [5.41, 5.74) is -0.705. The van der Waals surface area contributed by atoms with Crippen molar-refractivity contribution in [2.24, 2.45) is 0 Å². The van der Waals surface area contributed by atoms with Crippen molar-refractivity contribution in [2.75, 3.05) is 0 Å². The van der Waals surface area contributed by atoms with Crippen LogP contribution in [-0.2, 0) is 6.18 Å². The molecular weight excluding hydrogens is 331 g/mol. The van der Waals surface area contributed by atoms with Crippen LogP contribution in [0.1, 0.15) is 15.9 Å². The molecule has 0 saturated carbocycles. The minimum Gasteiger partial charge on any atom is -0.276 e. The van der Waals surface area contributed by atoms with Gasteiger partial charge in [0.15, 0.2) is 0 Å². The average molecular weight is 334 g/mol. The highest BCUT2D eigenvalue weighted by Crippen LogP contribution is 2.31. The van der Waals surface area contributed by atoms with E-state index in [9.17, 15) is 18.0 Å². The molecule has 0 bridgehead atoms. The van der Waals surface area contributed by atoms with Crippen molar-refractivity contribution < 1.29 is 18.0 Å². The van der Waals surface area contributed by atoms with E-state index < -0.39 is 17.0 Å². The first-order chi connectivity index (χ1) is 6.32. The Hall–Kier alpha value is -0.300. The second-order valence-corrected chi connectivity index (χ2v) is 3.97. The van der Waals surface area contributed by atoms with Gasteiger partial charge in [-0.05, 0) is 52.4 Å². The van der Waals surface area contributed by atoms with Gasteiger partial charge in [0.05, 0.1) is 5.56 Å². The van der Waals surface area contributed by atoms with Crippen molar-refractivity contribution in [3.05, 3.63) is 32.9 Å². The summed E-state index contributed by atoms with van der Waals surface area (Å²) >= 11 is 6.79. The van der Waals surface area contributed by atoms with Crippen LogP contribution in [-0.4, -0.2) is 5.24 Å². The molecule has 6 heteroatoms. The van der Waals surface area contributed by atoms with E-state index in [1.54, 1.807) is 22.6 Å². The molecule has 1 aromatic rings. The van der Waals surface area contributed by atoms with Crippen LogP contribution in [0.5, 0.6) is 0 Å². The van der Waals surface area contributed by atoms with E-state index >= 15 is 0 Å². The normalized spacial score (nSPS) is 11.5. The van der Waals surface area contributed by atoms with Crippen LogP contribution in [0.15, 0.2) is 18.2 Å². The first-order valence-electron chi connectivity index (χ1n) is 3.39. The molecule has 0 unspecified atom stereocenters. The van der Waals surface area contributed by atoms with Crippen LogP contribution in [0.2, 0.25) is 0 Å². The predicted molar refractivity (Wildman–Crippen MR) is 54.3 cm³/mol. The molecule has 0 fully saturated rings. The van der Waals surface area contributed by atoms with E-state index in [4.69, 9.17) is 11.6 Å². The van der Waals surface area contributed by atoms with E-state index in [2.05, 4.69) is 0 Å². The lowest BCUT2D eigenvalue weighted by Gasteiger charge is -2.07. The summed E-state index contributed by atoms with van der Waals surface area (Å²) in [6.45, 7) is 0. The number of hydrogen-bond acceptors (Lipinski definition) is 1. The van der Waals surface area contributed by atoms with Gasteiger partial charge in [-0.1, -0.05) is 0 Å². The summed E-state index contributed by atoms with van der Waals surface area (Å²) in [4.78, 5) is 10.7. The Bertz CT molecular complexity index is 375. The fraction of sp³-hybridized carbons (Fsp3) is 0.125. The molecule has 0 heterocycles. The van der Waals surface area contributed by atoms with E-state index in [0.717, 1.165) is 18.2 Å². The Morgan fingerprint density at radius 2 is 1.93 bits per heavy atom. The molecule has 1 aromatic carbocycles. The van der Waals surface area contributed by atoms with Crippen LogP contribution in [0.25, 0.3) is 0 Å². The first kappa shape index (κ1) is 11.8. The fourth-order valence-electron chi connectivity index (χ4n) is 0.851. The standard InChI is InChI=1S/C8H3ClF3IO/c9-7(14)5-2-1-4(3-6(5)13)8(10,11)12/h1-3H. The Balaban J connectivity index is 3.20. The molecule has 0 N–H and O–H groups in total. The van der Waals surface area contributed by atoms with E-state index in [-0.39, 0.29) is 9.13 Å². The van der Waals surface area contributed by atoms with Crippen LogP contribution in [0.3, 0.4) is 0 Å². The van der Waals surface area contributed by atoms with Crippen LogP contribution in [0, 0.1) is 3.57 Å². The maximum absolute atomic E-state index is 12.2. The second-order valence-electron chi connectivity index (χ2n) is 2.47. The van der Waals surface area contributed by atoms with Crippen molar-refractivity contribution in [2.45, 2.75) is 6.18 Å². The molecule has 14 heavy (non-hydrogen) atoms. The van der Waals surface area contributed by atoms with Gasteiger partial charge in [0, 0.05) is 9.13 Å². The van der Waals surface area contributed by atoms with E-state index in [0.29, 0.717) is 0 Å². The smallest absolute Gasteiger partial charge is 0.276 e. The maximum Gasteiger partial charge on any atom is 0.416 e. The number of carbonyl (C=O) groups excluding carboxylic acids is 1. The number of rotatable bonds is 1. The van der Waals surface area contributed by atoms with Crippen molar-refractivity contribution >= 4 is 39.4 Å². The lowest BCUT2D eigenvalue weighted by Crippen LogP contribution is -2.06. The zero-order chi connectivity index (χ0) is 10.9. The molecule has 1 rings (SSSR count). The first-order valence-corrected chi connectivity index (χ1v) is 4.84. The summed E-state index contributed by atoms with van der Waals surface area (Å²) in [5, 5.41) is -0.761. The molecule has 0 amide bonds. The lowest BCUT2D eigenvalue weighted by atomic mass is 10.1. The summed E-state index contributed by atoms with van der Waals surface area (Å²) in [5.74, 6) is 0. The topological polar surface area (TPSA) is 17.1 Å². The predicted octanol–water partition coefficient (Wildman–Crippen LogP) is 3.69. The molecule has 0 aromatic heterocycles. The van der Waals surface area contributed by atoms with Crippen molar-refractivity contribution in [1.82, 2.24) is 0 Å². The quantitative estimate of drug-likeness (QED) is 0.565. The van der Waals surface area contributed by atoms with Crippen LogP contribution in [0.4, 0.5) is 13.2 Å². The van der Waals surface area contributed by atoms with Crippen molar-refractivity contribution in [1.29, 1.82) is 0 Å². The summed E-state index contributed by atoms with van der Waals surface area (Å²) in [7, 11) is 0. The maximum atomic E-state index is 12.2. The number of hydrogen-bond donors (Lipinski definition) is 0.